The molecule has 1 aromatic heterocycles. The molecule has 0 fully saturated rings. The Hall–Kier alpha value is -3.14. The molecule has 0 spiro atoms. The van der Waals surface area contributed by atoms with Gasteiger partial charge in [0.2, 0.25) is 5.54 Å². The summed E-state index contributed by atoms with van der Waals surface area (Å²) in [6.07, 6.45) is -5.38. The van der Waals surface area contributed by atoms with Crippen LogP contribution in [0.5, 0.6) is 5.75 Å². The van der Waals surface area contributed by atoms with Gasteiger partial charge >= 0.3 is 6.18 Å². The van der Waals surface area contributed by atoms with Crippen molar-refractivity contribution in [2.24, 2.45) is 5.41 Å². The van der Waals surface area contributed by atoms with Crippen molar-refractivity contribution in [2.45, 2.75) is 38.4 Å². The molecule has 4 rings (SSSR count). The molecule has 10 heteroatoms. The first-order valence-electron chi connectivity index (χ1n) is 10.1. The number of rotatable bonds is 4. The number of anilines is 1. The van der Waals surface area contributed by atoms with Crippen LogP contribution in [0.25, 0.3) is 0 Å². The molecule has 1 N–H and O–H groups in total. The van der Waals surface area contributed by atoms with Crippen LogP contribution in [0.15, 0.2) is 53.0 Å². The van der Waals surface area contributed by atoms with E-state index in [1.165, 1.54) is 48.9 Å². The highest BCUT2D eigenvalue weighted by Gasteiger charge is 2.72. The second-order valence-electron chi connectivity index (χ2n) is 8.78. The summed E-state index contributed by atoms with van der Waals surface area (Å²) in [5.41, 5.74) is -4.75. The van der Waals surface area contributed by atoms with E-state index in [9.17, 15) is 27.6 Å². The van der Waals surface area contributed by atoms with Crippen molar-refractivity contribution in [2.75, 3.05) is 12.0 Å². The number of Topliss-reactive ketones (excluding diaryl/α,β-unsaturated/α-hetero) is 1. The Labute approximate surface area is 192 Å². The fourth-order valence-electron chi connectivity index (χ4n) is 4.40. The number of ether oxygens (including phenoxy) is 1. The van der Waals surface area contributed by atoms with Crippen molar-refractivity contribution in [3.8, 4) is 5.75 Å². The standard InChI is InChI=1S/C23H21F3N2O4S/c1-21(2)11-15-18(16(29)12-21)22(23(24,25)26,27-19(30)17-5-4-10-33-17)20(31)28(15)13-6-8-14(32-3)9-7-13/h4-10H,11-12H2,1-3H3,(H,27,30). The highest BCUT2D eigenvalue weighted by Crippen LogP contribution is 2.53. The number of halogens is 3. The minimum Gasteiger partial charge on any atom is -0.497 e. The Balaban J connectivity index is 1.93. The van der Waals surface area contributed by atoms with Gasteiger partial charge in [-0.25, -0.2) is 0 Å². The molecule has 0 saturated carbocycles. The van der Waals surface area contributed by atoms with Crippen molar-refractivity contribution >= 4 is 34.6 Å². The van der Waals surface area contributed by atoms with E-state index in [2.05, 4.69) is 0 Å². The number of alkyl halides is 3. The van der Waals surface area contributed by atoms with Crippen molar-refractivity contribution in [1.29, 1.82) is 0 Å². The molecular formula is C23H21F3N2O4S. The first-order chi connectivity index (χ1) is 15.4. The van der Waals surface area contributed by atoms with E-state index >= 15 is 0 Å². The number of ketones is 1. The van der Waals surface area contributed by atoms with Crippen LogP contribution in [0.3, 0.4) is 0 Å². The maximum absolute atomic E-state index is 14.7. The molecule has 2 heterocycles. The molecule has 0 saturated heterocycles. The average Bonchev–Trinajstić information content (AvgIpc) is 3.33. The number of amides is 2. The number of thiophene rings is 1. The van der Waals surface area contributed by atoms with Crippen LogP contribution < -0.4 is 15.0 Å². The van der Waals surface area contributed by atoms with Gasteiger partial charge in [-0.1, -0.05) is 19.9 Å². The van der Waals surface area contributed by atoms with Gasteiger partial charge in [0.05, 0.1) is 17.6 Å². The van der Waals surface area contributed by atoms with Crippen molar-refractivity contribution in [3.05, 3.63) is 57.9 Å². The Morgan fingerprint density at radius 1 is 1.12 bits per heavy atom. The van der Waals surface area contributed by atoms with E-state index in [4.69, 9.17) is 4.74 Å². The number of carbonyl (C=O) groups excluding carboxylic acids is 3. The first-order valence-corrected chi connectivity index (χ1v) is 11.0. The van der Waals surface area contributed by atoms with Gasteiger partial charge in [0.25, 0.3) is 11.8 Å². The lowest BCUT2D eigenvalue weighted by molar-refractivity contribution is -0.186. The monoisotopic (exact) mass is 478 g/mol. The number of nitrogens with zero attached hydrogens (tertiary/aromatic N) is 1. The van der Waals surface area contributed by atoms with Gasteiger partial charge in [-0.2, -0.15) is 13.2 Å². The highest BCUT2D eigenvalue weighted by atomic mass is 32.1. The number of hydrogen-bond acceptors (Lipinski definition) is 5. The molecule has 1 unspecified atom stereocenters. The third-order valence-electron chi connectivity index (χ3n) is 5.82. The lowest BCUT2D eigenvalue weighted by Crippen LogP contribution is -2.66. The Morgan fingerprint density at radius 2 is 1.79 bits per heavy atom. The third kappa shape index (κ3) is 3.62. The molecule has 6 nitrogen and oxygen atoms in total. The molecule has 0 radical (unpaired) electrons. The summed E-state index contributed by atoms with van der Waals surface area (Å²) in [5.74, 6) is -2.86. The van der Waals surface area contributed by atoms with Gasteiger partial charge in [0.1, 0.15) is 5.75 Å². The SMILES string of the molecule is COc1ccc(N2C(=O)C(NC(=O)c3cccs3)(C(F)(F)F)C3=C2CC(C)(C)CC3=O)cc1. The molecule has 1 aliphatic heterocycles. The maximum Gasteiger partial charge on any atom is 0.425 e. The van der Waals surface area contributed by atoms with E-state index in [0.29, 0.717) is 5.75 Å². The van der Waals surface area contributed by atoms with E-state index in [1.54, 1.807) is 13.8 Å². The predicted molar refractivity (Wildman–Crippen MR) is 116 cm³/mol. The van der Waals surface area contributed by atoms with Crippen LogP contribution in [0.1, 0.15) is 36.4 Å². The zero-order chi connectivity index (χ0) is 24.2. The second-order valence-corrected chi connectivity index (χ2v) is 9.73. The molecular weight excluding hydrogens is 457 g/mol. The summed E-state index contributed by atoms with van der Waals surface area (Å²) in [4.78, 5) is 40.5. The molecule has 33 heavy (non-hydrogen) atoms. The molecule has 2 aliphatic rings. The Kier molecular flexibility index (Phi) is 5.39. The molecule has 174 valence electrons. The van der Waals surface area contributed by atoms with E-state index in [0.717, 1.165) is 16.2 Å². The normalized spacial score (nSPS) is 22.4. The van der Waals surface area contributed by atoms with E-state index in [-0.39, 0.29) is 29.1 Å². The fourth-order valence-corrected chi connectivity index (χ4v) is 5.01. The predicted octanol–water partition coefficient (Wildman–Crippen LogP) is 4.48. The Morgan fingerprint density at radius 3 is 2.33 bits per heavy atom. The van der Waals surface area contributed by atoms with Gasteiger partial charge in [0, 0.05) is 17.8 Å². The highest BCUT2D eigenvalue weighted by molar-refractivity contribution is 7.12. The van der Waals surface area contributed by atoms with Crippen molar-refractivity contribution < 1.29 is 32.3 Å². The van der Waals surface area contributed by atoms with Gasteiger partial charge in [0.15, 0.2) is 5.78 Å². The lowest BCUT2D eigenvalue weighted by Gasteiger charge is -2.35. The van der Waals surface area contributed by atoms with Crippen LogP contribution in [-0.2, 0) is 9.59 Å². The number of methoxy groups -OCH3 is 1. The molecule has 1 aromatic carbocycles. The van der Waals surface area contributed by atoms with Crippen molar-refractivity contribution in [1.82, 2.24) is 5.32 Å². The molecule has 1 atom stereocenters. The van der Waals surface area contributed by atoms with Gasteiger partial charge < -0.3 is 10.1 Å². The summed E-state index contributed by atoms with van der Waals surface area (Å²) in [6.45, 7) is 3.51. The van der Waals surface area contributed by atoms with Gasteiger partial charge in [-0.3, -0.25) is 19.3 Å². The smallest absolute Gasteiger partial charge is 0.425 e. The van der Waals surface area contributed by atoms with Gasteiger partial charge in [-0.05, 0) is 47.5 Å². The summed E-state index contributed by atoms with van der Waals surface area (Å²) in [5, 5.41) is 3.45. The first kappa shape index (κ1) is 23.0. The number of carbonyl (C=O) groups is 3. The van der Waals surface area contributed by atoms with E-state index < -0.39 is 40.3 Å². The van der Waals surface area contributed by atoms with E-state index in [1.807, 2.05) is 5.32 Å². The minimum absolute atomic E-state index is 0.0000563. The number of allylic oxidation sites excluding steroid dienone is 1. The second kappa shape index (κ2) is 7.72. The van der Waals surface area contributed by atoms with Crippen LogP contribution in [0, 0.1) is 5.41 Å². The quantitative estimate of drug-likeness (QED) is 0.703. The zero-order valence-electron chi connectivity index (χ0n) is 18.1. The number of hydrogen-bond donors (Lipinski definition) is 1. The fraction of sp³-hybridized carbons (Fsp3) is 0.348. The number of benzene rings is 1. The maximum atomic E-state index is 14.7. The largest absolute Gasteiger partial charge is 0.497 e. The van der Waals surface area contributed by atoms with Crippen molar-refractivity contribution in [3.63, 3.8) is 0 Å². The lowest BCUT2D eigenvalue weighted by atomic mass is 9.72. The topological polar surface area (TPSA) is 75.7 Å². The summed E-state index contributed by atoms with van der Waals surface area (Å²) >= 11 is 0.937. The summed E-state index contributed by atoms with van der Waals surface area (Å²) in [6, 6.07) is 8.78. The van der Waals surface area contributed by atoms with Crippen LogP contribution in [-0.4, -0.2) is 36.4 Å². The van der Waals surface area contributed by atoms with Crippen LogP contribution in [0.2, 0.25) is 0 Å². The van der Waals surface area contributed by atoms with Crippen LogP contribution >= 0.6 is 11.3 Å². The third-order valence-corrected chi connectivity index (χ3v) is 6.69. The zero-order valence-corrected chi connectivity index (χ0v) is 18.9. The molecule has 2 amide bonds. The summed E-state index contributed by atoms with van der Waals surface area (Å²) in [7, 11) is 1.44. The van der Waals surface area contributed by atoms with Crippen LogP contribution in [0.4, 0.5) is 18.9 Å². The minimum atomic E-state index is -5.25. The summed E-state index contributed by atoms with van der Waals surface area (Å²) < 4.78 is 49.3. The molecule has 0 bridgehead atoms. The van der Waals surface area contributed by atoms with Gasteiger partial charge in [-0.15, -0.1) is 11.3 Å². The Bertz CT molecular complexity index is 1150. The number of nitrogens with one attached hydrogen (secondary N) is 1. The molecule has 1 aliphatic carbocycles. The molecule has 2 aromatic rings. The average molecular weight is 478 g/mol.